The van der Waals surface area contributed by atoms with E-state index in [0.717, 1.165) is 24.9 Å². The third-order valence-electron chi connectivity index (χ3n) is 4.21. The van der Waals surface area contributed by atoms with Gasteiger partial charge in [-0.3, -0.25) is 4.79 Å². The van der Waals surface area contributed by atoms with Crippen LogP contribution in [0.5, 0.6) is 5.88 Å². The molecule has 1 N–H and O–H groups in total. The summed E-state index contributed by atoms with van der Waals surface area (Å²) in [5.41, 5.74) is 1.17. The molecular weight excluding hydrogens is 288 g/mol. The molecule has 0 saturated carbocycles. The number of hydrogen-bond donors (Lipinski definition) is 1. The maximum absolute atomic E-state index is 12.9. The van der Waals surface area contributed by atoms with Crippen molar-refractivity contribution < 1.29 is 5.11 Å². The van der Waals surface area contributed by atoms with Crippen LogP contribution in [0.2, 0.25) is 0 Å². The van der Waals surface area contributed by atoms with Gasteiger partial charge in [-0.25, -0.2) is 9.36 Å². The molecule has 1 aromatic carbocycles. The lowest BCUT2D eigenvalue weighted by Crippen LogP contribution is -2.24. The van der Waals surface area contributed by atoms with Gasteiger partial charge < -0.3 is 5.11 Å². The number of benzene rings is 1. The summed E-state index contributed by atoms with van der Waals surface area (Å²) in [7, 11) is 0. The molecule has 2 aromatic rings. The summed E-state index contributed by atoms with van der Waals surface area (Å²) in [6.07, 6.45) is 11.3. The summed E-state index contributed by atoms with van der Waals surface area (Å²) in [5, 5.41) is 10.7. The van der Waals surface area contributed by atoms with Crippen LogP contribution in [0, 0.1) is 0 Å². The minimum Gasteiger partial charge on any atom is -0.493 e. The first kappa shape index (κ1) is 15.4. The Hall–Kier alpha value is -2.49. The second-order valence-corrected chi connectivity index (χ2v) is 5.82. The van der Waals surface area contributed by atoms with E-state index in [1.165, 1.54) is 0 Å². The first-order valence-electron chi connectivity index (χ1n) is 8.18. The predicted octanol–water partition coefficient (Wildman–Crippen LogP) is 3.74. The van der Waals surface area contributed by atoms with E-state index in [1.54, 1.807) is 9.36 Å². The molecule has 0 radical (unpaired) electrons. The average molecular weight is 310 g/mol. The van der Waals surface area contributed by atoms with Gasteiger partial charge in [0.05, 0.1) is 17.3 Å². The second kappa shape index (κ2) is 6.73. The molecule has 120 valence electrons. The van der Waals surface area contributed by atoms with E-state index in [2.05, 4.69) is 13.0 Å². The molecule has 0 spiro atoms. The molecule has 1 heterocycles. The lowest BCUT2D eigenvalue weighted by Gasteiger charge is -2.20. The van der Waals surface area contributed by atoms with E-state index in [9.17, 15) is 9.90 Å². The van der Waals surface area contributed by atoms with Crippen LogP contribution in [0.25, 0.3) is 5.69 Å². The van der Waals surface area contributed by atoms with E-state index >= 15 is 0 Å². The normalized spacial score (nSPS) is 16.8. The second-order valence-electron chi connectivity index (χ2n) is 5.82. The van der Waals surface area contributed by atoms with Crippen molar-refractivity contribution >= 4 is 0 Å². The molecule has 0 saturated heterocycles. The smallest absolute Gasteiger partial charge is 0.278 e. The molecule has 0 bridgehead atoms. The highest BCUT2D eigenvalue weighted by Gasteiger charge is 2.24. The topological polar surface area (TPSA) is 47.2 Å². The van der Waals surface area contributed by atoms with E-state index < -0.39 is 0 Å². The van der Waals surface area contributed by atoms with Crippen LogP contribution in [0.4, 0.5) is 0 Å². The van der Waals surface area contributed by atoms with Crippen molar-refractivity contribution in [2.45, 2.75) is 38.6 Å². The molecule has 1 aliphatic carbocycles. The number of rotatable bonds is 5. The highest BCUT2D eigenvalue weighted by molar-refractivity contribution is 5.36. The summed E-state index contributed by atoms with van der Waals surface area (Å²) >= 11 is 0. The predicted molar refractivity (Wildman–Crippen MR) is 92.2 cm³/mol. The fourth-order valence-electron chi connectivity index (χ4n) is 2.99. The van der Waals surface area contributed by atoms with Crippen molar-refractivity contribution in [1.82, 2.24) is 9.36 Å². The monoisotopic (exact) mass is 310 g/mol. The Labute approximate surface area is 136 Å². The molecule has 0 amide bonds. The van der Waals surface area contributed by atoms with Crippen LogP contribution in [-0.2, 0) is 6.42 Å². The van der Waals surface area contributed by atoms with Gasteiger partial charge in [-0.1, -0.05) is 55.8 Å². The maximum Gasteiger partial charge on any atom is 0.278 e. The molecule has 1 aromatic heterocycles. The van der Waals surface area contributed by atoms with Crippen molar-refractivity contribution in [3.05, 3.63) is 70.6 Å². The van der Waals surface area contributed by atoms with E-state index in [4.69, 9.17) is 0 Å². The van der Waals surface area contributed by atoms with Gasteiger partial charge in [-0.2, -0.15) is 0 Å². The maximum atomic E-state index is 12.9. The summed E-state index contributed by atoms with van der Waals surface area (Å²) in [4.78, 5) is 12.9. The molecular formula is C19H22N2O2. The van der Waals surface area contributed by atoms with E-state index in [0.29, 0.717) is 12.0 Å². The molecule has 4 nitrogen and oxygen atoms in total. The molecule has 1 unspecified atom stereocenters. The van der Waals surface area contributed by atoms with Crippen LogP contribution in [-0.4, -0.2) is 14.5 Å². The Morgan fingerprint density at radius 2 is 2.00 bits per heavy atom. The highest BCUT2D eigenvalue weighted by Crippen LogP contribution is 2.28. The number of aromatic hydroxyl groups is 1. The zero-order chi connectivity index (χ0) is 16.2. The van der Waals surface area contributed by atoms with Crippen LogP contribution in [0.15, 0.2) is 59.4 Å². The van der Waals surface area contributed by atoms with Gasteiger partial charge in [0, 0.05) is 0 Å². The number of aromatic nitrogens is 2. The zero-order valence-corrected chi connectivity index (χ0v) is 13.4. The van der Waals surface area contributed by atoms with Crippen LogP contribution in [0.3, 0.4) is 0 Å². The van der Waals surface area contributed by atoms with Crippen LogP contribution >= 0.6 is 0 Å². The summed E-state index contributed by atoms with van der Waals surface area (Å²) in [5.74, 6) is 0.0947. The first-order chi connectivity index (χ1) is 11.2. The van der Waals surface area contributed by atoms with Gasteiger partial charge in [0.1, 0.15) is 0 Å². The minimum atomic E-state index is -0.120. The Bertz CT molecular complexity index is 782. The first-order valence-corrected chi connectivity index (χ1v) is 8.18. The minimum absolute atomic E-state index is 0.0525. The van der Waals surface area contributed by atoms with Crippen molar-refractivity contribution in [3.8, 4) is 11.6 Å². The van der Waals surface area contributed by atoms with E-state index in [-0.39, 0.29) is 17.5 Å². The fraction of sp³-hybridized carbons (Fsp3) is 0.316. The summed E-state index contributed by atoms with van der Waals surface area (Å²) < 4.78 is 3.33. The highest BCUT2D eigenvalue weighted by atomic mass is 16.3. The third-order valence-corrected chi connectivity index (χ3v) is 4.21. The summed E-state index contributed by atoms with van der Waals surface area (Å²) in [6, 6.07) is 9.45. The largest absolute Gasteiger partial charge is 0.493 e. The van der Waals surface area contributed by atoms with Gasteiger partial charge in [-0.15, -0.1) is 0 Å². The molecule has 1 atom stereocenters. The fourth-order valence-corrected chi connectivity index (χ4v) is 2.99. The van der Waals surface area contributed by atoms with Crippen molar-refractivity contribution in [2.24, 2.45) is 0 Å². The molecule has 0 fully saturated rings. The lowest BCUT2D eigenvalue weighted by molar-refractivity contribution is 0.360. The molecule has 23 heavy (non-hydrogen) atoms. The van der Waals surface area contributed by atoms with Gasteiger partial charge >= 0.3 is 0 Å². The Kier molecular flexibility index (Phi) is 4.51. The molecule has 3 rings (SSSR count). The number of hydrogen-bond acceptors (Lipinski definition) is 2. The Morgan fingerprint density at radius 3 is 2.65 bits per heavy atom. The van der Waals surface area contributed by atoms with Crippen LogP contribution < -0.4 is 5.56 Å². The number of unbranched alkanes of at least 4 members (excludes halogenated alkanes) is 1. The number of allylic oxidation sites excluding steroid dienone is 4. The summed E-state index contributed by atoms with van der Waals surface area (Å²) in [6.45, 7) is 2.08. The third kappa shape index (κ3) is 2.89. The SMILES string of the molecule is CCCCc1c(O)n(C2C=CC=CC2)n(-c2ccccc2)c1=O. The lowest BCUT2D eigenvalue weighted by atomic mass is 10.1. The standard InChI is InChI=1S/C19H22N2O2/c1-2-3-14-17-18(22)20(15-10-6-4-7-11-15)21(19(17)23)16-12-8-5-9-13-16/h4-12,16,23H,2-3,13-14H2,1H3. The Balaban J connectivity index is 2.17. The van der Waals surface area contributed by atoms with Crippen LogP contribution in [0.1, 0.15) is 37.8 Å². The molecule has 4 heteroatoms. The van der Waals surface area contributed by atoms with Crippen molar-refractivity contribution in [3.63, 3.8) is 0 Å². The quantitative estimate of drug-likeness (QED) is 0.914. The van der Waals surface area contributed by atoms with Gasteiger partial charge in [-0.05, 0) is 31.4 Å². The Morgan fingerprint density at radius 1 is 1.22 bits per heavy atom. The average Bonchev–Trinajstić information content (AvgIpc) is 2.85. The zero-order valence-electron chi connectivity index (χ0n) is 13.4. The number of para-hydroxylation sites is 1. The van der Waals surface area contributed by atoms with Crippen molar-refractivity contribution in [2.75, 3.05) is 0 Å². The van der Waals surface area contributed by atoms with Crippen molar-refractivity contribution in [1.29, 1.82) is 0 Å². The van der Waals surface area contributed by atoms with Gasteiger partial charge in [0.2, 0.25) is 5.88 Å². The molecule has 1 aliphatic rings. The molecule has 0 aliphatic heterocycles. The van der Waals surface area contributed by atoms with Gasteiger partial charge in [0.15, 0.2) is 0 Å². The van der Waals surface area contributed by atoms with E-state index in [1.807, 2.05) is 48.6 Å². The number of nitrogens with zero attached hydrogens (tertiary/aromatic N) is 2. The van der Waals surface area contributed by atoms with Gasteiger partial charge in [0.25, 0.3) is 5.56 Å².